The number of carbonyl (C=O) groups excluding carboxylic acids is 4. The van der Waals surface area contributed by atoms with Gasteiger partial charge in [0.1, 0.15) is 12.7 Å². The Labute approximate surface area is 181 Å². The van der Waals surface area contributed by atoms with Crippen LogP contribution in [0, 0.1) is 0 Å². The lowest BCUT2D eigenvalue weighted by atomic mass is 10.1. The minimum Gasteiger partial charge on any atom is -0.458 e. The Morgan fingerprint density at radius 1 is 0.806 bits per heavy atom. The Balaban J connectivity index is 3.19. The Hall–Kier alpha value is -3.20. The van der Waals surface area contributed by atoms with Crippen LogP contribution in [0.25, 0.3) is 0 Å². The van der Waals surface area contributed by atoms with Crippen LogP contribution in [-0.4, -0.2) is 61.5 Å². The standard InChI is InChI=1S/C22H28O9/c1-11(2)19(23)28-10-15(29-20(24)12(3)4)17-18(31-22(26)14(7)8)16(9-27-17)30-21(25)13(5)6/h15-18H,1,3,5,7,9-10H2,2,4,6,8H3/t15-,16+,17-,18-/m1/s1. The van der Waals surface area contributed by atoms with Gasteiger partial charge in [0.05, 0.1) is 6.61 Å². The zero-order valence-electron chi connectivity index (χ0n) is 18.2. The van der Waals surface area contributed by atoms with Crippen molar-refractivity contribution < 1.29 is 42.9 Å². The lowest BCUT2D eigenvalue weighted by Gasteiger charge is -2.28. The van der Waals surface area contributed by atoms with Crippen LogP contribution in [0.5, 0.6) is 0 Å². The molecule has 9 heteroatoms. The van der Waals surface area contributed by atoms with Gasteiger partial charge in [-0.25, -0.2) is 19.2 Å². The number of ether oxygens (including phenoxy) is 5. The highest BCUT2D eigenvalue weighted by atomic mass is 16.7. The van der Waals surface area contributed by atoms with Gasteiger partial charge in [-0.1, -0.05) is 26.3 Å². The third-order valence-electron chi connectivity index (χ3n) is 4.04. The molecule has 1 aliphatic rings. The van der Waals surface area contributed by atoms with Crippen molar-refractivity contribution in [1.29, 1.82) is 0 Å². The van der Waals surface area contributed by atoms with E-state index in [9.17, 15) is 19.2 Å². The highest BCUT2D eigenvalue weighted by molar-refractivity contribution is 5.89. The van der Waals surface area contributed by atoms with Gasteiger partial charge < -0.3 is 23.7 Å². The second-order valence-corrected chi connectivity index (χ2v) is 7.28. The molecule has 1 aliphatic heterocycles. The van der Waals surface area contributed by atoms with Crippen LogP contribution in [0.4, 0.5) is 0 Å². The summed E-state index contributed by atoms with van der Waals surface area (Å²) >= 11 is 0. The predicted molar refractivity (Wildman–Crippen MR) is 110 cm³/mol. The van der Waals surface area contributed by atoms with E-state index >= 15 is 0 Å². The number of hydrogen-bond donors (Lipinski definition) is 0. The van der Waals surface area contributed by atoms with Crippen molar-refractivity contribution in [2.75, 3.05) is 13.2 Å². The van der Waals surface area contributed by atoms with Gasteiger partial charge in [-0.15, -0.1) is 0 Å². The molecule has 0 aromatic heterocycles. The molecular formula is C22H28O9. The van der Waals surface area contributed by atoms with Crippen LogP contribution in [0.15, 0.2) is 48.6 Å². The maximum Gasteiger partial charge on any atom is 0.333 e. The molecule has 1 rings (SSSR count). The minimum atomic E-state index is -1.19. The fourth-order valence-electron chi connectivity index (χ4n) is 2.35. The molecule has 1 saturated heterocycles. The van der Waals surface area contributed by atoms with Gasteiger partial charge in [-0.05, 0) is 27.7 Å². The van der Waals surface area contributed by atoms with Gasteiger partial charge in [0.2, 0.25) is 0 Å². The maximum atomic E-state index is 12.2. The van der Waals surface area contributed by atoms with E-state index in [0.717, 1.165) is 0 Å². The van der Waals surface area contributed by atoms with Crippen LogP contribution in [0.3, 0.4) is 0 Å². The summed E-state index contributed by atoms with van der Waals surface area (Å²) in [7, 11) is 0. The van der Waals surface area contributed by atoms with Crippen molar-refractivity contribution in [3.05, 3.63) is 48.6 Å². The molecule has 0 aromatic rings. The van der Waals surface area contributed by atoms with E-state index < -0.39 is 54.9 Å². The van der Waals surface area contributed by atoms with E-state index in [1.807, 2.05) is 0 Å². The average Bonchev–Trinajstić information content (AvgIpc) is 3.06. The fourth-order valence-corrected chi connectivity index (χ4v) is 2.35. The molecule has 0 spiro atoms. The van der Waals surface area contributed by atoms with E-state index in [1.165, 1.54) is 27.7 Å². The summed E-state index contributed by atoms with van der Waals surface area (Å²) in [5.41, 5.74) is 0.458. The molecule has 0 bridgehead atoms. The van der Waals surface area contributed by atoms with Gasteiger partial charge in [-0.2, -0.15) is 0 Å². The fraction of sp³-hybridized carbons (Fsp3) is 0.455. The normalized spacial score (nSPS) is 20.7. The van der Waals surface area contributed by atoms with Crippen LogP contribution >= 0.6 is 0 Å². The molecule has 0 saturated carbocycles. The van der Waals surface area contributed by atoms with Crippen LogP contribution in [0.2, 0.25) is 0 Å². The second-order valence-electron chi connectivity index (χ2n) is 7.28. The molecule has 0 N–H and O–H groups in total. The minimum absolute atomic E-state index is 0.0926. The molecule has 9 nitrogen and oxygen atoms in total. The summed E-state index contributed by atoms with van der Waals surface area (Å²) in [5.74, 6) is -2.96. The van der Waals surface area contributed by atoms with Gasteiger partial charge in [0.15, 0.2) is 18.3 Å². The molecule has 31 heavy (non-hydrogen) atoms. The summed E-state index contributed by atoms with van der Waals surface area (Å²) in [6, 6.07) is 0. The third kappa shape index (κ3) is 7.53. The monoisotopic (exact) mass is 436 g/mol. The van der Waals surface area contributed by atoms with E-state index in [0.29, 0.717) is 0 Å². The van der Waals surface area contributed by atoms with Crippen molar-refractivity contribution in [1.82, 2.24) is 0 Å². The van der Waals surface area contributed by atoms with E-state index in [-0.39, 0.29) is 28.9 Å². The Bertz CT molecular complexity index is 808. The molecule has 1 fully saturated rings. The highest BCUT2D eigenvalue weighted by Gasteiger charge is 2.48. The van der Waals surface area contributed by atoms with Crippen molar-refractivity contribution >= 4 is 23.9 Å². The topological polar surface area (TPSA) is 114 Å². The van der Waals surface area contributed by atoms with E-state index in [2.05, 4.69) is 26.3 Å². The number of esters is 4. The molecule has 0 aliphatic carbocycles. The molecule has 0 aromatic carbocycles. The van der Waals surface area contributed by atoms with Crippen molar-refractivity contribution in [3.63, 3.8) is 0 Å². The van der Waals surface area contributed by atoms with Crippen LogP contribution in [0.1, 0.15) is 27.7 Å². The first-order valence-electron chi connectivity index (χ1n) is 9.38. The highest BCUT2D eigenvalue weighted by Crippen LogP contribution is 2.27. The Kier molecular flexibility index (Phi) is 9.39. The lowest BCUT2D eigenvalue weighted by molar-refractivity contribution is -0.174. The number of carbonyl (C=O) groups is 4. The van der Waals surface area contributed by atoms with Crippen molar-refractivity contribution in [3.8, 4) is 0 Å². The van der Waals surface area contributed by atoms with Gasteiger partial charge in [-0.3, -0.25) is 0 Å². The predicted octanol–water partition coefficient (Wildman–Crippen LogP) is 1.97. The number of hydrogen-bond acceptors (Lipinski definition) is 9. The first-order chi connectivity index (χ1) is 14.3. The molecule has 0 radical (unpaired) electrons. The zero-order valence-corrected chi connectivity index (χ0v) is 18.2. The molecule has 0 unspecified atom stereocenters. The smallest absolute Gasteiger partial charge is 0.333 e. The van der Waals surface area contributed by atoms with Gasteiger partial charge >= 0.3 is 23.9 Å². The number of rotatable bonds is 10. The van der Waals surface area contributed by atoms with E-state index in [1.54, 1.807) is 0 Å². The molecule has 0 amide bonds. The molecule has 1 heterocycles. The Morgan fingerprint density at radius 2 is 1.29 bits per heavy atom. The molecule has 4 atom stereocenters. The molecular weight excluding hydrogens is 408 g/mol. The van der Waals surface area contributed by atoms with Crippen molar-refractivity contribution in [2.45, 2.75) is 52.1 Å². The first kappa shape index (κ1) is 25.8. The quantitative estimate of drug-likeness (QED) is 0.288. The van der Waals surface area contributed by atoms with Crippen LogP contribution in [-0.2, 0) is 42.9 Å². The summed E-state index contributed by atoms with van der Waals surface area (Å²) in [6.45, 7) is 19.2. The third-order valence-corrected chi connectivity index (χ3v) is 4.04. The second kappa shape index (κ2) is 11.3. The largest absolute Gasteiger partial charge is 0.458 e. The maximum absolute atomic E-state index is 12.2. The summed E-state index contributed by atoms with van der Waals surface area (Å²) in [5, 5.41) is 0. The zero-order chi connectivity index (χ0) is 23.9. The van der Waals surface area contributed by atoms with Crippen LogP contribution < -0.4 is 0 Å². The summed E-state index contributed by atoms with van der Waals surface area (Å²) in [4.78, 5) is 48.1. The summed E-state index contributed by atoms with van der Waals surface area (Å²) < 4.78 is 26.8. The lowest BCUT2D eigenvalue weighted by Crippen LogP contribution is -2.47. The van der Waals surface area contributed by atoms with Gasteiger partial charge in [0.25, 0.3) is 0 Å². The van der Waals surface area contributed by atoms with E-state index in [4.69, 9.17) is 23.7 Å². The Morgan fingerprint density at radius 3 is 1.77 bits per heavy atom. The molecule has 170 valence electrons. The SMILES string of the molecule is C=C(C)C(=O)OC[C@@H](OC(=O)C(=C)C)[C@H]1OC[C@H](OC(=O)C(=C)C)[C@H]1OC(=O)C(=C)C. The summed E-state index contributed by atoms with van der Waals surface area (Å²) in [6.07, 6.45) is -4.48. The average molecular weight is 436 g/mol. The first-order valence-corrected chi connectivity index (χ1v) is 9.38. The van der Waals surface area contributed by atoms with Gasteiger partial charge in [0, 0.05) is 22.3 Å². The van der Waals surface area contributed by atoms with Crippen molar-refractivity contribution in [2.24, 2.45) is 0 Å².